The Bertz CT molecular complexity index is 1600. The Balaban J connectivity index is 1.20. The molecule has 0 bridgehead atoms. The fraction of sp³-hybridized carbons (Fsp3) is 0.240. The number of amides is 2. The summed E-state index contributed by atoms with van der Waals surface area (Å²) in [7, 11) is 0. The van der Waals surface area contributed by atoms with Crippen LogP contribution in [0.15, 0.2) is 65.8 Å². The summed E-state index contributed by atoms with van der Waals surface area (Å²) in [5.41, 5.74) is 1.06. The van der Waals surface area contributed by atoms with Gasteiger partial charge in [-0.1, -0.05) is 12.1 Å². The van der Waals surface area contributed by atoms with Gasteiger partial charge in [0.2, 0.25) is 11.8 Å². The average Bonchev–Trinajstić information content (AvgIpc) is 3.50. The third-order valence-electron chi connectivity index (χ3n) is 6.35. The molecule has 1 N–H and O–H groups in total. The molecule has 13 heteroatoms. The first-order valence-electron chi connectivity index (χ1n) is 11.8. The van der Waals surface area contributed by atoms with E-state index >= 15 is 0 Å². The maximum atomic E-state index is 13.2. The number of nitrogens with zero attached hydrogens (tertiary/aromatic N) is 6. The molecule has 194 valence electrons. The zero-order chi connectivity index (χ0) is 26.8. The van der Waals surface area contributed by atoms with Crippen LogP contribution in [0.1, 0.15) is 12.0 Å². The van der Waals surface area contributed by atoms with Crippen molar-refractivity contribution in [1.29, 1.82) is 0 Å². The molecule has 0 radical (unpaired) electrons. The van der Waals surface area contributed by atoms with E-state index in [2.05, 4.69) is 15.4 Å². The van der Waals surface area contributed by atoms with Gasteiger partial charge in [-0.25, -0.2) is 14.1 Å². The Kier molecular flexibility index (Phi) is 6.64. The Morgan fingerprint density at radius 2 is 1.97 bits per heavy atom. The summed E-state index contributed by atoms with van der Waals surface area (Å²) in [6.45, 7) is 0.765. The first-order chi connectivity index (χ1) is 18.3. The number of aromatic nitrogens is 4. The van der Waals surface area contributed by atoms with E-state index in [1.54, 1.807) is 12.1 Å². The van der Waals surface area contributed by atoms with Crippen LogP contribution < -0.4 is 15.8 Å². The van der Waals surface area contributed by atoms with Gasteiger partial charge in [-0.15, -0.1) is 0 Å². The summed E-state index contributed by atoms with van der Waals surface area (Å²) in [6.07, 6.45) is 2.81. The number of rotatable bonds is 8. The van der Waals surface area contributed by atoms with E-state index in [0.717, 1.165) is 0 Å². The molecule has 0 spiro atoms. The maximum absolute atomic E-state index is 13.2. The third kappa shape index (κ3) is 4.98. The molecular formula is C25H22FN7O5. The van der Waals surface area contributed by atoms with Gasteiger partial charge in [0.25, 0.3) is 11.2 Å². The quantitative estimate of drug-likeness (QED) is 0.276. The van der Waals surface area contributed by atoms with Gasteiger partial charge in [0.15, 0.2) is 5.65 Å². The van der Waals surface area contributed by atoms with Crippen molar-refractivity contribution in [3.05, 3.63) is 92.9 Å². The number of carbonyl (C=O) groups is 2. The highest BCUT2D eigenvalue weighted by Gasteiger charge is 2.35. The molecule has 0 aliphatic carbocycles. The van der Waals surface area contributed by atoms with Gasteiger partial charge in [0.1, 0.15) is 17.5 Å². The van der Waals surface area contributed by atoms with E-state index < -0.39 is 16.7 Å². The van der Waals surface area contributed by atoms with Gasteiger partial charge in [-0.05, 0) is 29.8 Å². The summed E-state index contributed by atoms with van der Waals surface area (Å²) < 4.78 is 16.0. The lowest BCUT2D eigenvalue weighted by molar-refractivity contribution is -0.384. The van der Waals surface area contributed by atoms with Crippen molar-refractivity contribution in [2.24, 2.45) is 5.92 Å². The van der Waals surface area contributed by atoms with E-state index in [4.69, 9.17) is 0 Å². The molecule has 0 unspecified atom stereocenters. The van der Waals surface area contributed by atoms with Gasteiger partial charge in [0, 0.05) is 37.3 Å². The lowest BCUT2D eigenvalue weighted by Crippen LogP contribution is -2.35. The molecule has 1 aliphatic heterocycles. The molecule has 1 atom stereocenters. The van der Waals surface area contributed by atoms with Crippen LogP contribution in [0.3, 0.4) is 0 Å². The summed E-state index contributed by atoms with van der Waals surface area (Å²) in [5.74, 6) is -1.44. The SMILES string of the molecule is O=C(NCCn1ncc2c(=O)n(Cc3cccc([N+](=O)[O-])c3)cnc21)[C@@H]1CC(=O)N(c2ccc(F)cc2)C1. The number of fused-ring (bicyclic) bond motifs is 1. The number of carbonyl (C=O) groups excluding carboxylic acids is 2. The molecule has 0 saturated carbocycles. The number of anilines is 1. The van der Waals surface area contributed by atoms with E-state index in [1.807, 2.05) is 0 Å². The zero-order valence-corrected chi connectivity index (χ0v) is 20.0. The molecule has 1 aliphatic rings. The largest absolute Gasteiger partial charge is 0.354 e. The first-order valence-corrected chi connectivity index (χ1v) is 11.8. The van der Waals surface area contributed by atoms with Crippen LogP contribution in [0.4, 0.5) is 15.8 Å². The normalized spacial score (nSPS) is 15.2. The van der Waals surface area contributed by atoms with E-state index in [0.29, 0.717) is 16.9 Å². The van der Waals surface area contributed by atoms with Crippen molar-refractivity contribution in [3.8, 4) is 0 Å². The van der Waals surface area contributed by atoms with Crippen molar-refractivity contribution in [2.45, 2.75) is 19.5 Å². The summed E-state index contributed by atoms with van der Waals surface area (Å²) in [4.78, 5) is 54.3. The van der Waals surface area contributed by atoms with Crippen LogP contribution in [-0.4, -0.2) is 49.2 Å². The van der Waals surface area contributed by atoms with Crippen LogP contribution in [0.2, 0.25) is 0 Å². The zero-order valence-electron chi connectivity index (χ0n) is 20.0. The second-order valence-electron chi connectivity index (χ2n) is 8.88. The van der Waals surface area contributed by atoms with Gasteiger partial charge >= 0.3 is 0 Å². The van der Waals surface area contributed by atoms with Crippen LogP contribution in [0.5, 0.6) is 0 Å². The molecule has 2 amide bonds. The summed E-state index contributed by atoms with van der Waals surface area (Å²) in [5, 5.41) is 18.3. The second-order valence-corrected chi connectivity index (χ2v) is 8.88. The molecule has 1 saturated heterocycles. The minimum atomic E-state index is -0.541. The molecule has 2 aromatic carbocycles. The predicted octanol–water partition coefficient (Wildman–Crippen LogP) is 1.86. The van der Waals surface area contributed by atoms with Crippen molar-refractivity contribution in [1.82, 2.24) is 24.6 Å². The second kappa shape index (κ2) is 10.2. The number of hydrogen-bond acceptors (Lipinski definition) is 7. The van der Waals surface area contributed by atoms with Crippen LogP contribution in [0, 0.1) is 21.8 Å². The smallest absolute Gasteiger partial charge is 0.269 e. The topological polar surface area (TPSA) is 145 Å². The number of nitro groups is 1. The molecular weight excluding hydrogens is 497 g/mol. The Hall–Kier alpha value is -4.94. The molecule has 1 fully saturated rings. The van der Waals surface area contributed by atoms with Crippen LogP contribution >= 0.6 is 0 Å². The number of halogens is 1. The van der Waals surface area contributed by atoms with Gasteiger partial charge < -0.3 is 10.2 Å². The Labute approximate surface area is 214 Å². The predicted molar refractivity (Wildman–Crippen MR) is 134 cm³/mol. The van der Waals surface area contributed by atoms with E-state index in [-0.39, 0.29) is 61.0 Å². The van der Waals surface area contributed by atoms with E-state index in [9.17, 15) is 28.9 Å². The number of nitrogens with one attached hydrogen (secondary N) is 1. The molecule has 4 aromatic rings. The molecule has 38 heavy (non-hydrogen) atoms. The van der Waals surface area contributed by atoms with Gasteiger partial charge in [0.05, 0.1) is 30.1 Å². The average molecular weight is 519 g/mol. The minimum Gasteiger partial charge on any atom is -0.354 e. The fourth-order valence-corrected chi connectivity index (χ4v) is 4.42. The van der Waals surface area contributed by atoms with Crippen molar-refractivity contribution >= 4 is 34.2 Å². The van der Waals surface area contributed by atoms with Crippen molar-refractivity contribution < 1.29 is 18.9 Å². The summed E-state index contributed by atoms with van der Waals surface area (Å²) in [6, 6.07) is 11.6. The number of non-ortho nitro benzene ring substituents is 1. The van der Waals surface area contributed by atoms with E-state index in [1.165, 1.54) is 63.1 Å². The van der Waals surface area contributed by atoms with Gasteiger partial charge in [-0.3, -0.25) is 29.1 Å². The Morgan fingerprint density at radius 3 is 2.74 bits per heavy atom. The highest BCUT2D eigenvalue weighted by molar-refractivity contribution is 6.00. The van der Waals surface area contributed by atoms with Gasteiger partial charge in [-0.2, -0.15) is 5.10 Å². The highest BCUT2D eigenvalue weighted by Crippen LogP contribution is 2.25. The van der Waals surface area contributed by atoms with Crippen LogP contribution in [0.25, 0.3) is 11.0 Å². The van der Waals surface area contributed by atoms with Crippen LogP contribution in [-0.2, 0) is 22.7 Å². The monoisotopic (exact) mass is 519 g/mol. The lowest BCUT2D eigenvalue weighted by Gasteiger charge is -2.16. The Morgan fingerprint density at radius 1 is 1.18 bits per heavy atom. The third-order valence-corrected chi connectivity index (χ3v) is 6.35. The lowest BCUT2D eigenvalue weighted by atomic mass is 10.1. The van der Waals surface area contributed by atoms with Crippen molar-refractivity contribution in [3.63, 3.8) is 0 Å². The standard InChI is InChI=1S/C25H22FN7O5/c26-18-4-6-19(7-5-18)31-14-17(11-22(31)34)24(35)27-8-9-32-23-21(12-29-32)25(36)30(15-28-23)13-16-2-1-3-20(10-16)33(37)38/h1-7,10,12,15,17H,8-9,11,13-14H2,(H,27,35)/t17-/m1/s1. The van der Waals surface area contributed by atoms with Crippen molar-refractivity contribution in [2.75, 3.05) is 18.0 Å². The molecule has 3 heterocycles. The highest BCUT2D eigenvalue weighted by atomic mass is 19.1. The number of nitro benzene ring substituents is 1. The summed E-state index contributed by atoms with van der Waals surface area (Å²) >= 11 is 0. The number of hydrogen-bond donors (Lipinski definition) is 1. The fourth-order valence-electron chi connectivity index (χ4n) is 4.42. The first kappa shape index (κ1) is 24.7. The molecule has 2 aromatic heterocycles. The minimum absolute atomic E-state index is 0.0551. The molecule has 5 rings (SSSR count). The molecule has 12 nitrogen and oxygen atoms in total. The number of benzene rings is 2. The maximum Gasteiger partial charge on any atom is 0.269 e.